The molecular weight excluding hydrogens is 204 g/mol. The molecule has 0 bridgehead atoms. The van der Waals surface area contributed by atoms with Gasteiger partial charge in [-0.3, -0.25) is 0 Å². The summed E-state index contributed by atoms with van der Waals surface area (Å²) in [6.45, 7) is 4.11. The molecule has 0 radical (unpaired) electrons. The number of fused-ring (bicyclic) bond motifs is 1. The summed E-state index contributed by atoms with van der Waals surface area (Å²) < 4.78 is 5.73. The number of para-hydroxylation sites is 1. The number of nitrogens with zero attached hydrogens (tertiary/aromatic N) is 1. The number of oxime groups is 1. The van der Waals surface area contributed by atoms with E-state index in [9.17, 15) is 0 Å². The SMILES string of the molecule is CC1(C)C=Cc2ccccc2O1.N/C=N/O. The maximum absolute atomic E-state index is 7.32. The topological polar surface area (TPSA) is 67.8 Å². The van der Waals surface area contributed by atoms with Crippen LogP contribution in [0.3, 0.4) is 0 Å². The van der Waals surface area contributed by atoms with E-state index < -0.39 is 0 Å². The zero-order chi connectivity index (χ0) is 12.0. The lowest BCUT2D eigenvalue weighted by Crippen LogP contribution is -2.27. The molecule has 0 fully saturated rings. The van der Waals surface area contributed by atoms with Gasteiger partial charge in [0.1, 0.15) is 17.7 Å². The van der Waals surface area contributed by atoms with Crippen molar-refractivity contribution < 1.29 is 9.94 Å². The molecule has 0 saturated heterocycles. The van der Waals surface area contributed by atoms with Crippen molar-refractivity contribution in [2.75, 3.05) is 0 Å². The van der Waals surface area contributed by atoms with Crippen LogP contribution < -0.4 is 10.5 Å². The highest BCUT2D eigenvalue weighted by Gasteiger charge is 2.20. The Bertz CT molecular complexity index is 394. The van der Waals surface area contributed by atoms with Crippen molar-refractivity contribution in [1.29, 1.82) is 0 Å². The van der Waals surface area contributed by atoms with Crippen LogP contribution in [0.15, 0.2) is 35.5 Å². The van der Waals surface area contributed by atoms with Crippen LogP contribution in [-0.4, -0.2) is 17.1 Å². The third-order valence-electron chi connectivity index (χ3n) is 2.02. The van der Waals surface area contributed by atoms with Gasteiger partial charge in [0.15, 0.2) is 0 Å². The third-order valence-corrected chi connectivity index (χ3v) is 2.02. The molecule has 1 aromatic rings. The molecule has 0 amide bonds. The number of hydrogen-bond acceptors (Lipinski definition) is 3. The highest BCUT2D eigenvalue weighted by atomic mass is 16.5. The van der Waals surface area contributed by atoms with Crippen molar-refractivity contribution in [3.05, 3.63) is 35.9 Å². The van der Waals surface area contributed by atoms with Crippen molar-refractivity contribution >= 4 is 12.4 Å². The van der Waals surface area contributed by atoms with E-state index in [-0.39, 0.29) is 5.60 Å². The minimum Gasteiger partial charge on any atom is -0.483 e. The first-order chi connectivity index (χ1) is 7.59. The number of benzene rings is 1. The van der Waals surface area contributed by atoms with E-state index in [1.165, 1.54) is 0 Å². The van der Waals surface area contributed by atoms with Crippen molar-refractivity contribution in [3.8, 4) is 5.75 Å². The molecule has 0 unspecified atom stereocenters. The highest BCUT2D eigenvalue weighted by molar-refractivity contribution is 5.60. The molecule has 1 heterocycles. The lowest BCUT2D eigenvalue weighted by molar-refractivity contribution is 0.159. The first-order valence-electron chi connectivity index (χ1n) is 4.94. The van der Waals surface area contributed by atoms with E-state index >= 15 is 0 Å². The zero-order valence-corrected chi connectivity index (χ0v) is 9.42. The Hall–Kier alpha value is -1.97. The van der Waals surface area contributed by atoms with Crippen LogP contribution in [0.1, 0.15) is 19.4 Å². The fourth-order valence-corrected chi connectivity index (χ4v) is 1.32. The standard InChI is InChI=1S/C11H12O.CH4N2O/c1-11(2)8-7-9-5-3-4-6-10(9)12-11;2-1-3-4/h3-8H,1-2H3;1,4H,(H2,2,3). The number of ether oxygens (including phenoxy) is 1. The van der Waals surface area contributed by atoms with Gasteiger partial charge in [0, 0.05) is 5.56 Å². The molecule has 1 aliphatic rings. The Balaban J connectivity index is 0.000000280. The summed E-state index contributed by atoms with van der Waals surface area (Å²) >= 11 is 0. The van der Waals surface area contributed by atoms with Gasteiger partial charge < -0.3 is 15.7 Å². The maximum Gasteiger partial charge on any atom is 0.127 e. The summed E-state index contributed by atoms with van der Waals surface area (Å²) in [6, 6.07) is 8.07. The summed E-state index contributed by atoms with van der Waals surface area (Å²) in [5.41, 5.74) is 5.49. The van der Waals surface area contributed by atoms with Gasteiger partial charge in [0.2, 0.25) is 0 Å². The Morgan fingerprint density at radius 3 is 2.62 bits per heavy atom. The van der Waals surface area contributed by atoms with Crippen molar-refractivity contribution in [2.45, 2.75) is 19.4 Å². The molecule has 1 aliphatic heterocycles. The first-order valence-corrected chi connectivity index (χ1v) is 4.94. The van der Waals surface area contributed by atoms with Gasteiger partial charge in [-0.05, 0) is 26.0 Å². The average molecular weight is 220 g/mol. The summed E-state index contributed by atoms with van der Waals surface area (Å²) in [7, 11) is 0. The average Bonchev–Trinajstić information content (AvgIpc) is 2.28. The summed E-state index contributed by atoms with van der Waals surface area (Å²) in [5.74, 6) is 0.977. The van der Waals surface area contributed by atoms with E-state index in [1.54, 1.807) is 0 Å². The monoisotopic (exact) mass is 220 g/mol. The quantitative estimate of drug-likeness (QED) is 0.305. The predicted octanol–water partition coefficient (Wildman–Crippen LogP) is 2.23. The molecule has 86 valence electrons. The van der Waals surface area contributed by atoms with Crippen molar-refractivity contribution in [1.82, 2.24) is 0 Å². The second kappa shape index (κ2) is 5.21. The van der Waals surface area contributed by atoms with Gasteiger partial charge in [-0.25, -0.2) is 0 Å². The fourth-order valence-electron chi connectivity index (χ4n) is 1.32. The van der Waals surface area contributed by atoms with Gasteiger partial charge >= 0.3 is 0 Å². The van der Waals surface area contributed by atoms with E-state index in [2.05, 4.69) is 43.0 Å². The molecule has 0 spiro atoms. The van der Waals surface area contributed by atoms with Gasteiger partial charge in [-0.15, -0.1) is 0 Å². The molecule has 0 saturated carbocycles. The molecule has 0 atom stereocenters. The molecular formula is C12H16N2O2. The van der Waals surface area contributed by atoms with E-state index in [0.717, 1.165) is 17.7 Å². The van der Waals surface area contributed by atoms with Gasteiger partial charge in [-0.2, -0.15) is 0 Å². The largest absolute Gasteiger partial charge is 0.483 e. The van der Waals surface area contributed by atoms with Crippen LogP contribution in [0.25, 0.3) is 6.08 Å². The lowest BCUT2D eigenvalue weighted by atomic mass is 10.0. The van der Waals surface area contributed by atoms with Gasteiger partial charge in [0.25, 0.3) is 0 Å². The van der Waals surface area contributed by atoms with Crippen LogP contribution in [0.4, 0.5) is 0 Å². The Kier molecular flexibility index (Phi) is 3.94. The molecule has 3 N–H and O–H groups in total. The summed E-state index contributed by atoms with van der Waals surface area (Å²) in [6.07, 6.45) is 4.99. The zero-order valence-electron chi connectivity index (χ0n) is 9.42. The van der Waals surface area contributed by atoms with Crippen LogP contribution in [0.2, 0.25) is 0 Å². The molecule has 1 aromatic carbocycles. The third kappa shape index (κ3) is 3.31. The van der Waals surface area contributed by atoms with Crippen LogP contribution in [0.5, 0.6) is 5.75 Å². The normalized spacial score (nSPS) is 15.9. The van der Waals surface area contributed by atoms with E-state index in [1.807, 2.05) is 18.2 Å². The fraction of sp³-hybridized carbons (Fsp3) is 0.250. The molecule has 4 nitrogen and oxygen atoms in total. The predicted molar refractivity (Wildman–Crippen MR) is 64.6 cm³/mol. The molecule has 2 rings (SSSR count). The van der Waals surface area contributed by atoms with Crippen LogP contribution in [0, 0.1) is 0 Å². The molecule has 0 aliphatic carbocycles. The van der Waals surface area contributed by atoms with Crippen LogP contribution in [-0.2, 0) is 0 Å². The minimum atomic E-state index is -0.158. The number of nitrogens with two attached hydrogens (primary N) is 1. The summed E-state index contributed by atoms with van der Waals surface area (Å²) in [4.78, 5) is 0. The summed E-state index contributed by atoms with van der Waals surface area (Å²) in [5, 5.41) is 9.71. The Morgan fingerprint density at radius 2 is 2.00 bits per heavy atom. The minimum absolute atomic E-state index is 0.158. The first kappa shape index (κ1) is 12.1. The molecule has 4 heteroatoms. The maximum atomic E-state index is 7.32. The van der Waals surface area contributed by atoms with Gasteiger partial charge in [0.05, 0.1) is 0 Å². The van der Waals surface area contributed by atoms with E-state index in [4.69, 9.17) is 9.94 Å². The van der Waals surface area contributed by atoms with Crippen molar-refractivity contribution in [3.63, 3.8) is 0 Å². The second-order valence-corrected chi connectivity index (χ2v) is 3.84. The molecule has 0 aromatic heterocycles. The number of rotatable bonds is 0. The van der Waals surface area contributed by atoms with Crippen molar-refractivity contribution in [2.24, 2.45) is 10.9 Å². The second-order valence-electron chi connectivity index (χ2n) is 3.84. The molecule has 16 heavy (non-hydrogen) atoms. The van der Waals surface area contributed by atoms with Crippen LogP contribution >= 0.6 is 0 Å². The number of hydrogen-bond donors (Lipinski definition) is 2. The highest BCUT2D eigenvalue weighted by Crippen LogP contribution is 2.29. The Morgan fingerprint density at radius 1 is 1.38 bits per heavy atom. The Labute approximate surface area is 95.0 Å². The smallest absolute Gasteiger partial charge is 0.127 e. The van der Waals surface area contributed by atoms with Gasteiger partial charge in [-0.1, -0.05) is 29.4 Å². The van der Waals surface area contributed by atoms with E-state index in [0.29, 0.717) is 0 Å². The lowest BCUT2D eigenvalue weighted by Gasteiger charge is -2.27.